The van der Waals surface area contributed by atoms with Crippen molar-refractivity contribution in [1.82, 2.24) is 4.98 Å². The number of nitrogens with two attached hydrogens (primary N) is 1. The Balaban J connectivity index is 1.82. The molecule has 0 unspecified atom stereocenters. The average Bonchev–Trinajstić information content (AvgIpc) is 2.95. The van der Waals surface area contributed by atoms with Crippen molar-refractivity contribution < 1.29 is 8.42 Å². The van der Waals surface area contributed by atoms with Gasteiger partial charge in [-0.25, -0.2) is 4.98 Å². The quantitative estimate of drug-likeness (QED) is 0.526. The number of sulfonamides is 1. The average molecular weight is 389 g/mol. The van der Waals surface area contributed by atoms with E-state index >= 15 is 0 Å². The van der Waals surface area contributed by atoms with E-state index in [1.165, 1.54) is 11.3 Å². The van der Waals surface area contributed by atoms with E-state index in [1.807, 2.05) is 24.3 Å². The zero-order valence-electron chi connectivity index (χ0n) is 14.7. The highest BCUT2D eigenvalue weighted by Gasteiger charge is 2.18. The van der Waals surface area contributed by atoms with Gasteiger partial charge in [-0.15, -0.1) is 4.40 Å². The topological polar surface area (TPSA) is 97.4 Å². The number of hydrogen-bond donors (Lipinski definition) is 2. The molecule has 1 heterocycles. The second kappa shape index (κ2) is 6.69. The molecule has 26 heavy (non-hydrogen) atoms. The number of aromatic nitrogens is 1. The van der Waals surface area contributed by atoms with E-state index in [2.05, 4.69) is 35.5 Å². The fourth-order valence-corrected chi connectivity index (χ4v) is 4.13. The van der Waals surface area contributed by atoms with Crippen molar-refractivity contribution in [3.63, 3.8) is 0 Å². The number of nitrogens with one attached hydrogen (secondary N) is 1. The molecular weight excluding hydrogens is 368 g/mol. The third kappa shape index (κ3) is 4.03. The molecule has 0 saturated heterocycles. The number of guanidine groups is 1. The first-order valence-electron chi connectivity index (χ1n) is 7.99. The van der Waals surface area contributed by atoms with E-state index in [-0.39, 0.29) is 16.3 Å². The van der Waals surface area contributed by atoms with Gasteiger partial charge >= 0.3 is 0 Å². The first-order valence-corrected chi connectivity index (χ1v) is 10.2. The Kier molecular flexibility index (Phi) is 4.72. The number of thiazole rings is 1. The van der Waals surface area contributed by atoms with Gasteiger partial charge in [0.1, 0.15) is 0 Å². The van der Waals surface area contributed by atoms with Crippen molar-refractivity contribution >= 4 is 42.7 Å². The van der Waals surface area contributed by atoms with Crippen LogP contribution < -0.4 is 11.1 Å². The first-order chi connectivity index (χ1) is 12.1. The molecule has 0 bridgehead atoms. The predicted octanol–water partition coefficient (Wildman–Crippen LogP) is 3.71. The molecule has 0 fully saturated rings. The normalized spacial score (nSPS) is 13.1. The molecular formula is C18H20N4O2S2. The molecule has 0 saturated carbocycles. The molecule has 136 valence electrons. The molecule has 6 nitrogen and oxygen atoms in total. The largest absolute Gasteiger partial charge is 0.369 e. The van der Waals surface area contributed by atoms with Crippen LogP contribution in [0.15, 0.2) is 57.8 Å². The van der Waals surface area contributed by atoms with Crippen LogP contribution in [0.2, 0.25) is 0 Å². The molecule has 0 spiro atoms. The Hall–Kier alpha value is -2.45. The zero-order valence-corrected chi connectivity index (χ0v) is 16.4. The molecule has 0 radical (unpaired) electrons. The van der Waals surface area contributed by atoms with Crippen molar-refractivity contribution in [2.24, 2.45) is 10.1 Å². The molecule has 3 rings (SSSR count). The maximum Gasteiger partial charge on any atom is 0.285 e. The maximum absolute atomic E-state index is 12.4. The molecule has 2 aromatic carbocycles. The molecule has 0 atom stereocenters. The summed E-state index contributed by atoms with van der Waals surface area (Å²) in [5.41, 5.74) is 7.58. The lowest BCUT2D eigenvalue weighted by atomic mass is 9.87. The van der Waals surface area contributed by atoms with Crippen LogP contribution in [0.4, 0.5) is 5.13 Å². The van der Waals surface area contributed by atoms with Gasteiger partial charge in [-0.3, -0.25) is 0 Å². The lowest BCUT2D eigenvalue weighted by Gasteiger charge is -2.18. The van der Waals surface area contributed by atoms with Crippen LogP contribution in [-0.4, -0.2) is 19.4 Å². The van der Waals surface area contributed by atoms with E-state index in [1.54, 1.807) is 24.3 Å². The van der Waals surface area contributed by atoms with E-state index in [0.717, 1.165) is 15.8 Å². The zero-order chi connectivity index (χ0) is 18.9. The van der Waals surface area contributed by atoms with E-state index < -0.39 is 10.0 Å². The second-order valence-corrected chi connectivity index (χ2v) is 9.47. The standard InChI is InChI=1S/C18H20N4O2S2/c1-18(2,3)12-8-10-13(11-9-12)26(23,24)22-16(19)21-17-20-14-6-4-5-7-15(14)25-17/h4-11H,1-3H3,(H3,19,20,21,22). The number of hydrogen-bond acceptors (Lipinski definition) is 4. The molecule has 8 heteroatoms. The third-order valence-corrected chi connectivity index (χ3v) is 6.02. The monoisotopic (exact) mass is 388 g/mol. The van der Waals surface area contributed by atoms with Crippen LogP contribution in [0.25, 0.3) is 10.2 Å². The Morgan fingerprint density at radius 1 is 1.12 bits per heavy atom. The SMILES string of the molecule is CC(C)(C)c1ccc(S(=O)(=O)/N=C(\N)Nc2nc3ccccc3s2)cc1. The highest BCUT2D eigenvalue weighted by atomic mass is 32.2. The van der Waals surface area contributed by atoms with Gasteiger partial charge in [0.2, 0.25) is 5.96 Å². The van der Waals surface area contributed by atoms with E-state index in [4.69, 9.17) is 5.73 Å². The number of benzene rings is 2. The summed E-state index contributed by atoms with van der Waals surface area (Å²) < 4.78 is 29.5. The first kappa shape index (κ1) is 18.3. The second-order valence-electron chi connectivity index (χ2n) is 6.84. The lowest BCUT2D eigenvalue weighted by molar-refractivity contribution is 0.586. The van der Waals surface area contributed by atoms with Crippen molar-refractivity contribution in [3.05, 3.63) is 54.1 Å². The number of fused-ring (bicyclic) bond motifs is 1. The summed E-state index contributed by atoms with van der Waals surface area (Å²) in [4.78, 5) is 4.44. The van der Waals surface area contributed by atoms with Crippen molar-refractivity contribution in [2.45, 2.75) is 31.1 Å². The summed E-state index contributed by atoms with van der Waals surface area (Å²) >= 11 is 1.37. The minimum Gasteiger partial charge on any atom is -0.369 e. The number of rotatable bonds is 3. The molecule has 0 amide bonds. The fraction of sp³-hybridized carbons (Fsp3) is 0.222. The van der Waals surface area contributed by atoms with Crippen molar-refractivity contribution in [3.8, 4) is 0 Å². The predicted molar refractivity (Wildman–Crippen MR) is 107 cm³/mol. The van der Waals surface area contributed by atoms with Gasteiger partial charge in [-0.1, -0.05) is 56.4 Å². The van der Waals surface area contributed by atoms with Crippen LogP contribution >= 0.6 is 11.3 Å². The van der Waals surface area contributed by atoms with Crippen LogP contribution in [0.3, 0.4) is 0 Å². The summed E-state index contributed by atoms with van der Waals surface area (Å²) in [7, 11) is -3.89. The Bertz CT molecular complexity index is 1030. The summed E-state index contributed by atoms with van der Waals surface area (Å²) in [6, 6.07) is 14.3. The van der Waals surface area contributed by atoms with Crippen LogP contribution in [-0.2, 0) is 15.4 Å². The van der Waals surface area contributed by atoms with Crippen molar-refractivity contribution in [2.75, 3.05) is 5.32 Å². The molecule has 0 aliphatic carbocycles. The van der Waals surface area contributed by atoms with E-state index in [9.17, 15) is 8.42 Å². The van der Waals surface area contributed by atoms with Crippen LogP contribution in [0, 0.1) is 0 Å². The number of para-hydroxylation sites is 1. The number of anilines is 1. The molecule has 0 aliphatic rings. The highest BCUT2D eigenvalue weighted by Crippen LogP contribution is 2.26. The van der Waals surface area contributed by atoms with Gasteiger partial charge in [0, 0.05) is 0 Å². The number of nitrogens with zero attached hydrogens (tertiary/aromatic N) is 2. The Morgan fingerprint density at radius 3 is 2.38 bits per heavy atom. The molecule has 3 aromatic rings. The lowest BCUT2D eigenvalue weighted by Crippen LogP contribution is -2.24. The maximum atomic E-state index is 12.4. The smallest absolute Gasteiger partial charge is 0.285 e. The summed E-state index contributed by atoms with van der Waals surface area (Å²) in [5.74, 6) is -0.219. The Labute approximate surface area is 156 Å². The minimum absolute atomic E-state index is 0.0566. The Morgan fingerprint density at radius 2 is 1.77 bits per heavy atom. The molecule has 0 aliphatic heterocycles. The van der Waals surface area contributed by atoms with E-state index in [0.29, 0.717) is 5.13 Å². The van der Waals surface area contributed by atoms with Gasteiger partial charge in [0.05, 0.1) is 15.1 Å². The van der Waals surface area contributed by atoms with Gasteiger partial charge in [-0.2, -0.15) is 8.42 Å². The van der Waals surface area contributed by atoms with Crippen LogP contribution in [0.5, 0.6) is 0 Å². The van der Waals surface area contributed by atoms with Crippen LogP contribution in [0.1, 0.15) is 26.3 Å². The summed E-state index contributed by atoms with van der Waals surface area (Å²) in [6.45, 7) is 6.19. The van der Waals surface area contributed by atoms with Gasteiger partial charge in [0.25, 0.3) is 10.0 Å². The molecule has 1 aromatic heterocycles. The van der Waals surface area contributed by atoms with Gasteiger partial charge in [-0.05, 0) is 35.2 Å². The third-order valence-electron chi connectivity index (χ3n) is 3.77. The molecule has 3 N–H and O–H groups in total. The minimum atomic E-state index is -3.89. The summed E-state index contributed by atoms with van der Waals surface area (Å²) in [6.07, 6.45) is 0. The summed E-state index contributed by atoms with van der Waals surface area (Å²) in [5, 5.41) is 3.24. The van der Waals surface area contributed by atoms with Crippen molar-refractivity contribution in [1.29, 1.82) is 0 Å². The fourth-order valence-electron chi connectivity index (χ4n) is 2.37. The highest BCUT2D eigenvalue weighted by molar-refractivity contribution is 7.90. The van der Waals surface area contributed by atoms with Gasteiger partial charge in [0.15, 0.2) is 5.13 Å². The van der Waals surface area contributed by atoms with Gasteiger partial charge < -0.3 is 11.1 Å².